The third-order valence-electron chi connectivity index (χ3n) is 3.16. The van der Waals surface area contributed by atoms with E-state index < -0.39 is 0 Å². The van der Waals surface area contributed by atoms with Crippen LogP contribution in [0.3, 0.4) is 0 Å². The van der Waals surface area contributed by atoms with Crippen LogP contribution in [0.1, 0.15) is 30.1 Å². The van der Waals surface area contributed by atoms with Crippen molar-refractivity contribution in [2.75, 3.05) is 6.61 Å². The summed E-state index contributed by atoms with van der Waals surface area (Å²) in [7, 11) is 0. The van der Waals surface area contributed by atoms with E-state index in [-0.39, 0.29) is 12.6 Å². The van der Waals surface area contributed by atoms with Crippen LogP contribution in [0.25, 0.3) is 0 Å². The van der Waals surface area contributed by atoms with Gasteiger partial charge in [0.2, 0.25) is 0 Å². The largest absolute Gasteiger partial charge is 0.394 e. The second-order valence-corrected chi connectivity index (χ2v) is 4.57. The van der Waals surface area contributed by atoms with Crippen LogP contribution in [-0.2, 0) is 6.54 Å². The maximum atomic E-state index is 9.12. The second-order valence-electron chi connectivity index (χ2n) is 4.57. The van der Waals surface area contributed by atoms with E-state index in [0.717, 1.165) is 12.2 Å². The van der Waals surface area contributed by atoms with Gasteiger partial charge in [-0.3, -0.25) is 0 Å². The predicted octanol–water partition coefficient (Wildman–Crippen LogP) is 1.68. The van der Waals surface area contributed by atoms with Gasteiger partial charge in [-0.1, -0.05) is 37.3 Å². The molecule has 1 aromatic carbocycles. The van der Waals surface area contributed by atoms with Gasteiger partial charge in [0, 0.05) is 12.7 Å². The second kappa shape index (κ2) is 5.80. The molecule has 3 N–H and O–H groups in total. The van der Waals surface area contributed by atoms with Gasteiger partial charge < -0.3 is 15.4 Å². The summed E-state index contributed by atoms with van der Waals surface area (Å²) in [5.74, 6) is 0.380. The van der Waals surface area contributed by atoms with E-state index in [2.05, 4.69) is 24.0 Å². The lowest BCUT2D eigenvalue weighted by atomic mass is 10.0. The summed E-state index contributed by atoms with van der Waals surface area (Å²) in [5, 5.41) is 9.12. The molecule has 4 heteroatoms. The highest BCUT2D eigenvalue weighted by atomic mass is 16.3. The summed E-state index contributed by atoms with van der Waals surface area (Å²) >= 11 is 0. The zero-order chi connectivity index (χ0) is 13.0. The first kappa shape index (κ1) is 12.8. The number of aliphatic hydroxyl groups excluding tert-OH is 1. The van der Waals surface area contributed by atoms with Gasteiger partial charge in [0.25, 0.3) is 0 Å². The highest BCUT2D eigenvalue weighted by molar-refractivity contribution is 5.19. The minimum atomic E-state index is -0.365. The number of hydrogen-bond donors (Lipinski definition) is 2. The van der Waals surface area contributed by atoms with E-state index in [1.807, 2.05) is 22.8 Å². The summed E-state index contributed by atoms with van der Waals surface area (Å²) in [5.41, 5.74) is 8.01. The van der Waals surface area contributed by atoms with Crippen molar-refractivity contribution in [2.45, 2.75) is 25.4 Å². The third kappa shape index (κ3) is 2.78. The third-order valence-corrected chi connectivity index (χ3v) is 3.16. The van der Waals surface area contributed by atoms with E-state index in [1.165, 1.54) is 5.56 Å². The Morgan fingerprint density at radius 1 is 1.33 bits per heavy atom. The molecule has 18 heavy (non-hydrogen) atoms. The van der Waals surface area contributed by atoms with Crippen LogP contribution < -0.4 is 5.73 Å². The molecule has 1 heterocycles. The minimum absolute atomic E-state index is 0.0641. The van der Waals surface area contributed by atoms with Gasteiger partial charge in [-0.2, -0.15) is 0 Å². The van der Waals surface area contributed by atoms with Crippen LogP contribution in [0.5, 0.6) is 0 Å². The smallest absolute Gasteiger partial charge is 0.0948 e. The Balaban J connectivity index is 2.12. The van der Waals surface area contributed by atoms with Gasteiger partial charge >= 0.3 is 0 Å². The number of nitrogens with two attached hydrogens (primary N) is 1. The monoisotopic (exact) mass is 245 g/mol. The fourth-order valence-corrected chi connectivity index (χ4v) is 2.07. The van der Waals surface area contributed by atoms with Gasteiger partial charge in [-0.25, -0.2) is 4.98 Å². The fourth-order valence-electron chi connectivity index (χ4n) is 2.07. The Morgan fingerprint density at radius 3 is 2.72 bits per heavy atom. The SMILES string of the molecule is CC(Cn1cncc1C(N)CO)c1ccccc1. The van der Waals surface area contributed by atoms with E-state index in [0.29, 0.717) is 5.92 Å². The highest BCUT2D eigenvalue weighted by Gasteiger charge is 2.13. The van der Waals surface area contributed by atoms with Crippen molar-refractivity contribution in [3.63, 3.8) is 0 Å². The van der Waals surface area contributed by atoms with Crippen molar-refractivity contribution < 1.29 is 5.11 Å². The molecular weight excluding hydrogens is 226 g/mol. The van der Waals surface area contributed by atoms with E-state index in [1.54, 1.807) is 12.5 Å². The van der Waals surface area contributed by atoms with E-state index >= 15 is 0 Å². The molecule has 0 aliphatic rings. The van der Waals surface area contributed by atoms with Crippen LogP contribution in [0.15, 0.2) is 42.9 Å². The average Bonchev–Trinajstić information content (AvgIpc) is 2.87. The van der Waals surface area contributed by atoms with Crippen molar-refractivity contribution in [1.82, 2.24) is 9.55 Å². The molecule has 0 bridgehead atoms. The minimum Gasteiger partial charge on any atom is -0.394 e. The van der Waals surface area contributed by atoms with Gasteiger partial charge in [0.15, 0.2) is 0 Å². The quantitative estimate of drug-likeness (QED) is 0.842. The molecule has 4 nitrogen and oxygen atoms in total. The van der Waals surface area contributed by atoms with Crippen LogP contribution in [0.2, 0.25) is 0 Å². The van der Waals surface area contributed by atoms with Crippen LogP contribution >= 0.6 is 0 Å². The summed E-state index contributed by atoms with van der Waals surface area (Å²) in [6, 6.07) is 9.97. The molecule has 0 saturated heterocycles. The summed E-state index contributed by atoms with van der Waals surface area (Å²) in [4.78, 5) is 4.11. The number of imidazole rings is 1. The molecule has 2 rings (SSSR count). The normalized spacial score (nSPS) is 14.4. The van der Waals surface area contributed by atoms with Gasteiger partial charge in [0.05, 0.1) is 24.7 Å². The number of aliphatic hydroxyl groups is 1. The molecule has 96 valence electrons. The average molecular weight is 245 g/mol. The van der Waals surface area contributed by atoms with Crippen LogP contribution in [-0.4, -0.2) is 21.3 Å². The summed E-state index contributed by atoms with van der Waals surface area (Å²) in [6.45, 7) is 2.92. The first-order valence-electron chi connectivity index (χ1n) is 6.13. The first-order valence-corrected chi connectivity index (χ1v) is 6.13. The standard InChI is InChI=1S/C14H19N3O/c1-11(12-5-3-2-4-6-12)8-17-10-16-7-14(17)13(15)9-18/h2-7,10-11,13,18H,8-9,15H2,1H3. The van der Waals surface area contributed by atoms with E-state index in [4.69, 9.17) is 10.8 Å². The van der Waals surface area contributed by atoms with Gasteiger partial charge in [-0.15, -0.1) is 0 Å². The maximum Gasteiger partial charge on any atom is 0.0948 e. The molecule has 0 spiro atoms. The molecular formula is C14H19N3O. The summed E-state index contributed by atoms with van der Waals surface area (Å²) < 4.78 is 2.01. The van der Waals surface area contributed by atoms with Crippen LogP contribution in [0.4, 0.5) is 0 Å². The topological polar surface area (TPSA) is 64.1 Å². The lowest BCUT2D eigenvalue weighted by Gasteiger charge is -2.17. The summed E-state index contributed by atoms with van der Waals surface area (Å²) in [6.07, 6.45) is 3.49. The molecule has 0 saturated carbocycles. The Labute approximate surface area is 107 Å². The molecule has 0 aliphatic carbocycles. The highest BCUT2D eigenvalue weighted by Crippen LogP contribution is 2.19. The molecule has 2 aromatic rings. The molecule has 1 aromatic heterocycles. The molecule has 0 amide bonds. The zero-order valence-electron chi connectivity index (χ0n) is 10.5. The van der Waals surface area contributed by atoms with Crippen molar-refractivity contribution in [2.24, 2.45) is 5.73 Å². The number of aromatic nitrogens is 2. The Kier molecular flexibility index (Phi) is 4.12. The zero-order valence-corrected chi connectivity index (χ0v) is 10.5. The molecule has 2 atom stereocenters. The molecule has 0 aliphatic heterocycles. The van der Waals surface area contributed by atoms with Gasteiger partial charge in [-0.05, 0) is 11.5 Å². The number of hydrogen-bond acceptors (Lipinski definition) is 3. The number of benzene rings is 1. The Morgan fingerprint density at radius 2 is 2.06 bits per heavy atom. The Hall–Kier alpha value is -1.65. The van der Waals surface area contributed by atoms with Crippen molar-refractivity contribution in [3.8, 4) is 0 Å². The van der Waals surface area contributed by atoms with Crippen LogP contribution in [0, 0.1) is 0 Å². The maximum absolute atomic E-state index is 9.12. The lowest BCUT2D eigenvalue weighted by molar-refractivity contribution is 0.262. The lowest BCUT2D eigenvalue weighted by Crippen LogP contribution is -2.20. The van der Waals surface area contributed by atoms with E-state index in [9.17, 15) is 0 Å². The number of nitrogens with zero attached hydrogens (tertiary/aromatic N) is 2. The van der Waals surface area contributed by atoms with Gasteiger partial charge in [0.1, 0.15) is 0 Å². The molecule has 2 unspecified atom stereocenters. The molecule has 0 fully saturated rings. The fraction of sp³-hybridized carbons (Fsp3) is 0.357. The Bertz CT molecular complexity index is 481. The number of rotatable bonds is 5. The first-order chi connectivity index (χ1) is 8.72. The predicted molar refractivity (Wildman–Crippen MR) is 71.1 cm³/mol. The molecule has 0 radical (unpaired) electrons. The van der Waals surface area contributed by atoms with Crippen molar-refractivity contribution in [3.05, 3.63) is 54.1 Å². The van der Waals surface area contributed by atoms with Crippen molar-refractivity contribution >= 4 is 0 Å². The van der Waals surface area contributed by atoms with Crippen molar-refractivity contribution in [1.29, 1.82) is 0 Å².